The fourth-order valence-corrected chi connectivity index (χ4v) is 5.11. The molecule has 1 amide bonds. The molecule has 0 spiro atoms. The van der Waals surface area contributed by atoms with E-state index in [0.717, 1.165) is 16.9 Å². The Bertz CT molecular complexity index is 1370. The Morgan fingerprint density at radius 1 is 1.11 bits per heavy atom. The molecule has 0 aliphatic carbocycles. The van der Waals surface area contributed by atoms with Gasteiger partial charge in [-0.15, -0.1) is 0 Å². The number of esters is 1. The minimum atomic E-state index is -0.950. The normalized spacial score (nSPS) is 17.1. The van der Waals surface area contributed by atoms with Crippen LogP contribution in [0.4, 0.5) is 5.13 Å². The molecule has 186 valence electrons. The summed E-state index contributed by atoms with van der Waals surface area (Å²) >= 11 is 0.960. The number of aryl methyl sites for hydroxylation is 1. The summed E-state index contributed by atoms with van der Waals surface area (Å²) in [6, 6.07) is 13.2. The monoisotopic (exact) mass is 506 g/mol. The number of aromatic nitrogens is 1. The molecular weight excluding hydrogens is 480 g/mol. The van der Waals surface area contributed by atoms with Gasteiger partial charge in [-0.05, 0) is 36.1 Å². The number of hydrogen-bond donors (Lipinski definition) is 1. The van der Waals surface area contributed by atoms with Crippen LogP contribution < -0.4 is 9.64 Å². The Morgan fingerprint density at radius 2 is 1.81 bits per heavy atom. The van der Waals surface area contributed by atoms with Gasteiger partial charge in [0.2, 0.25) is 0 Å². The molecule has 4 rings (SSSR count). The third-order valence-electron chi connectivity index (χ3n) is 6.07. The number of aliphatic hydroxyl groups excluding tert-OH is 1. The highest BCUT2D eigenvalue weighted by Gasteiger charge is 2.48. The Kier molecular flexibility index (Phi) is 6.94. The number of anilines is 1. The maximum Gasteiger partial charge on any atom is 0.350 e. The van der Waals surface area contributed by atoms with Crippen molar-refractivity contribution in [1.82, 2.24) is 4.98 Å². The van der Waals surface area contributed by atoms with E-state index in [9.17, 15) is 19.5 Å². The van der Waals surface area contributed by atoms with Gasteiger partial charge in [-0.2, -0.15) is 0 Å². The summed E-state index contributed by atoms with van der Waals surface area (Å²) < 4.78 is 10.1. The van der Waals surface area contributed by atoms with Crippen molar-refractivity contribution >= 4 is 39.9 Å². The van der Waals surface area contributed by atoms with Crippen molar-refractivity contribution in [2.24, 2.45) is 0 Å². The van der Waals surface area contributed by atoms with Crippen LogP contribution in [-0.4, -0.2) is 42.0 Å². The molecule has 1 aliphatic rings. The number of hydrogen-bond acceptors (Lipinski definition) is 8. The first kappa shape index (κ1) is 25.1. The molecule has 3 aromatic rings. The molecule has 1 aliphatic heterocycles. The number of rotatable bonds is 6. The van der Waals surface area contributed by atoms with Gasteiger partial charge in [-0.3, -0.25) is 14.5 Å². The summed E-state index contributed by atoms with van der Waals surface area (Å²) in [7, 11) is 2.76. The van der Waals surface area contributed by atoms with Crippen molar-refractivity contribution in [1.29, 1.82) is 0 Å². The van der Waals surface area contributed by atoms with Crippen molar-refractivity contribution in [2.45, 2.75) is 32.7 Å². The first-order valence-corrected chi connectivity index (χ1v) is 12.1. The van der Waals surface area contributed by atoms with Crippen LogP contribution in [0.5, 0.6) is 5.75 Å². The highest BCUT2D eigenvalue weighted by atomic mass is 32.1. The molecule has 1 aromatic heterocycles. The van der Waals surface area contributed by atoms with Gasteiger partial charge in [0.15, 0.2) is 5.13 Å². The Hall–Kier alpha value is -3.98. The third kappa shape index (κ3) is 4.37. The number of nitrogens with zero attached hydrogens (tertiary/aromatic N) is 2. The van der Waals surface area contributed by atoms with Crippen LogP contribution in [0, 0.1) is 6.92 Å². The van der Waals surface area contributed by atoms with Gasteiger partial charge in [0.25, 0.3) is 5.78 Å². The zero-order chi connectivity index (χ0) is 26.1. The van der Waals surface area contributed by atoms with Crippen LogP contribution in [0.25, 0.3) is 5.76 Å². The number of aliphatic hydroxyl groups is 1. The van der Waals surface area contributed by atoms with Gasteiger partial charge in [-0.25, -0.2) is 9.78 Å². The fourth-order valence-electron chi connectivity index (χ4n) is 4.10. The van der Waals surface area contributed by atoms with Crippen LogP contribution in [-0.2, 0) is 14.3 Å². The van der Waals surface area contributed by atoms with E-state index in [-0.39, 0.29) is 27.3 Å². The zero-order valence-electron chi connectivity index (χ0n) is 20.6. The third-order valence-corrected chi connectivity index (χ3v) is 7.21. The van der Waals surface area contributed by atoms with Crippen LogP contribution in [0.15, 0.2) is 54.1 Å². The summed E-state index contributed by atoms with van der Waals surface area (Å²) in [5.74, 6) is -1.82. The van der Waals surface area contributed by atoms with Crippen LogP contribution in [0.1, 0.15) is 57.9 Å². The second-order valence-electron chi connectivity index (χ2n) is 8.62. The highest BCUT2D eigenvalue weighted by Crippen LogP contribution is 2.44. The van der Waals surface area contributed by atoms with Crippen LogP contribution in [0.2, 0.25) is 0 Å². The zero-order valence-corrected chi connectivity index (χ0v) is 21.4. The lowest BCUT2D eigenvalue weighted by Crippen LogP contribution is -2.29. The van der Waals surface area contributed by atoms with Crippen molar-refractivity contribution in [3.05, 3.63) is 81.4 Å². The maximum absolute atomic E-state index is 13.4. The molecule has 0 radical (unpaired) electrons. The Balaban J connectivity index is 1.93. The average molecular weight is 507 g/mol. The summed E-state index contributed by atoms with van der Waals surface area (Å²) in [6.07, 6.45) is 0. The smallest absolute Gasteiger partial charge is 0.350 e. The van der Waals surface area contributed by atoms with Crippen molar-refractivity contribution in [3.63, 3.8) is 0 Å². The molecule has 0 bridgehead atoms. The molecule has 1 fully saturated rings. The standard InChI is InChI=1S/C27H26N2O6S/c1-14(2)16-9-11-17(12-10-16)21-20(22(30)18-7-6-8-19(13-18)34-4)23(31)25(32)29(21)27-28-15(3)24(36-27)26(33)35-5/h6-14,21,30H,1-5H3. The van der Waals surface area contributed by atoms with E-state index in [1.807, 2.05) is 24.3 Å². The molecule has 2 heterocycles. The number of Topliss-reactive ketones (excluding diaryl/α,β-unsaturated/α-hetero) is 1. The minimum Gasteiger partial charge on any atom is -0.507 e. The first-order chi connectivity index (χ1) is 17.2. The lowest BCUT2D eigenvalue weighted by Gasteiger charge is -2.23. The molecule has 1 atom stereocenters. The number of thiazole rings is 1. The number of benzene rings is 2. The lowest BCUT2D eigenvalue weighted by molar-refractivity contribution is -0.132. The van der Waals surface area contributed by atoms with E-state index in [0.29, 0.717) is 22.6 Å². The second-order valence-corrected chi connectivity index (χ2v) is 9.60. The van der Waals surface area contributed by atoms with Gasteiger partial charge in [-0.1, -0.05) is 61.6 Å². The van der Waals surface area contributed by atoms with Crippen molar-refractivity contribution in [2.75, 3.05) is 19.1 Å². The molecule has 36 heavy (non-hydrogen) atoms. The summed E-state index contributed by atoms with van der Waals surface area (Å²) in [6.45, 7) is 5.76. The van der Waals surface area contributed by atoms with Gasteiger partial charge in [0.1, 0.15) is 16.4 Å². The summed E-state index contributed by atoms with van der Waals surface area (Å²) in [5, 5.41) is 11.5. The molecule has 8 nitrogen and oxygen atoms in total. The molecular formula is C27H26N2O6S. The molecule has 0 saturated carbocycles. The van der Waals surface area contributed by atoms with E-state index in [2.05, 4.69) is 18.8 Å². The second kappa shape index (κ2) is 9.94. The largest absolute Gasteiger partial charge is 0.507 e. The molecule has 2 aromatic carbocycles. The van der Waals surface area contributed by atoms with E-state index in [1.54, 1.807) is 31.2 Å². The number of ketones is 1. The molecule has 1 unspecified atom stereocenters. The molecule has 9 heteroatoms. The predicted molar refractivity (Wildman–Crippen MR) is 136 cm³/mol. The summed E-state index contributed by atoms with van der Waals surface area (Å²) in [5.41, 5.74) is 2.35. The van der Waals surface area contributed by atoms with Crippen molar-refractivity contribution in [3.8, 4) is 5.75 Å². The Morgan fingerprint density at radius 3 is 2.42 bits per heavy atom. The van der Waals surface area contributed by atoms with Crippen LogP contribution >= 0.6 is 11.3 Å². The van der Waals surface area contributed by atoms with Gasteiger partial charge in [0, 0.05) is 5.56 Å². The number of amides is 1. The number of ether oxygens (including phenoxy) is 2. The van der Waals surface area contributed by atoms with Gasteiger partial charge < -0.3 is 14.6 Å². The first-order valence-electron chi connectivity index (χ1n) is 11.3. The molecule has 1 saturated heterocycles. The topological polar surface area (TPSA) is 106 Å². The van der Waals surface area contributed by atoms with Crippen LogP contribution in [0.3, 0.4) is 0 Å². The average Bonchev–Trinajstić information content (AvgIpc) is 3.39. The number of carbonyl (C=O) groups excluding carboxylic acids is 3. The van der Waals surface area contributed by atoms with E-state index in [4.69, 9.17) is 9.47 Å². The lowest BCUT2D eigenvalue weighted by atomic mass is 9.93. The highest BCUT2D eigenvalue weighted by molar-refractivity contribution is 7.17. The summed E-state index contributed by atoms with van der Waals surface area (Å²) in [4.78, 5) is 44.8. The van der Waals surface area contributed by atoms with E-state index >= 15 is 0 Å². The van der Waals surface area contributed by atoms with Gasteiger partial charge in [0.05, 0.1) is 31.5 Å². The number of methoxy groups -OCH3 is 2. The number of carbonyl (C=O) groups is 3. The Labute approximate surface area is 212 Å². The minimum absolute atomic E-state index is 0.0713. The quantitative estimate of drug-likeness (QED) is 0.217. The SMILES string of the molecule is COC(=O)c1sc(N2C(=O)C(=O)C(=C(O)c3cccc(OC)c3)C2c2ccc(C(C)C)cc2)nc1C. The van der Waals surface area contributed by atoms with E-state index < -0.39 is 23.7 Å². The fraction of sp³-hybridized carbons (Fsp3) is 0.259. The predicted octanol–water partition coefficient (Wildman–Crippen LogP) is 5.00. The maximum atomic E-state index is 13.4. The molecule has 1 N–H and O–H groups in total. The van der Waals surface area contributed by atoms with Gasteiger partial charge >= 0.3 is 11.9 Å². The van der Waals surface area contributed by atoms with E-state index in [1.165, 1.54) is 19.1 Å². The van der Waals surface area contributed by atoms with Crippen molar-refractivity contribution < 1.29 is 29.0 Å².